The van der Waals surface area contributed by atoms with E-state index < -0.39 is 0 Å². The summed E-state index contributed by atoms with van der Waals surface area (Å²) in [7, 11) is 0. The Bertz CT molecular complexity index is 463. The van der Waals surface area contributed by atoms with E-state index in [4.69, 9.17) is 0 Å². The van der Waals surface area contributed by atoms with Crippen molar-refractivity contribution in [2.24, 2.45) is 0 Å². The summed E-state index contributed by atoms with van der Waals surface area (Å²) >= 11 is 1.82. The molecular formula is C12H15ClN2S. The van der Waals surface area contributed by atoms with Crippen LogP contribution >= 0.6 is 23.7 Å². The molecule has 0 amide bonds. The maximum atomic E-state index is 3.39. The predicted molar refractivity (Wildman–Crippen MR) is 74.2 cm³/mol. The first-order chi connectivity index (χ1) is 7.45. The molecule has 0 unspecified atom stereocenters. The van der Waals surface area contributed by atoms with E-state index in [0.717, 1.165) is 26.2 Å². The fourth-order valence-corrected chi connectivity index (χ4v) is 2.97. The minimum atomic E-state index is 0. The monoisotopic (exact) mass is 254 g/mol. The number of benzene rings is 1. The molecule has 1 N–H and O–H groups in total. The van der Waals surface area contributed by atoms with Crippen molar-refractivity contribution in [1.29, 1.82) is 0 Å². The first-order valence-corrected chi connectivity index (χ1v) is 6.25. The number of piperazine rings is 1. The maximum Gasteiger partial charge on any atom is 0.0455 e. The summed E-state index contributed by atoms with van der Waals surface area (Å²) in [5.74, 6) is 0. The molecule has 0 atom stereocenters. The molecule has 4 heteroatoms. The van der Waals surface area contributed by atoms with Crippen LogP contribution in [0.2, 0.25) is 0 Å². The topological polar surface area (TPSA) is 15.3 Å². The van der Waals surface area contributed by atoms with Gasteiger partial charge in [0.25, 0.3) is 0 Å². The molecular weight excluding hydrogens is 240 g/mol. The van der Waals surface area contributed by atoms with Gasteiger partial charge in [0, 0.05) is 42.0 Å². The minimum Gasteiger partial charge on any atom is -0.368 e. The maximum absolute atomic E-state index is 3.39. The van der Waals surface area contributed by atoms with Gasteiger partial charge in [0.05, 0.1) is 0 Å². The van der Waals surface area contributed by atoms with Crippen molar-refractivity contribution in [3.8, 4) is 0 Å². The lowest BCUT2D eigenvalue weighted by atomic mass is 10.2. The molecule has 1 fully saturated rings. The van der Waals surface area contributed by atoms with Gasteiger partial charge in [-0.05, 0) is 23.6 Å². The largest absolute Gasteiger partial charge is 0.368 e. The van der Waals surface area contributed by atoms with Crippen LogP contribution in [0.1, 0.15) is 0 Å². The van der Waals surface area contributed by atoms with Gasteiger partial charge < -0.3 is 10.2 Å². The Morgan fingerprint density at radius 1 is 1.12 bits per heavy atom. The van der Waals surface area contributed by atoms with E-state index >= 15 is 0 Å². The van der Waals surface area contributed by atoms with Crippen LogP contribution in [-0.2, 0) is 0 Å². The van der Waals surface area contributed by atoms with Crippen molar-refractivity contribution in [1.82, 2.24) is 5.32 Å². The van der Waals surface area contributed by atoms with E-state index in [0.29, 0.717) is 0 Å². The quantitative estimate of drug-likeness (QED) is 0.842. The number of thiophene rings is 1. The summed E-state index contributed by atoms with van der Waals surface area (Å²) < 4.78 is 1.39. The molecule has 0 aliphatic carbocycles. The van der Waals surface area contributed by atoms with Gasteiger partial charge in [0.2, 0.25) is 0 Å². The summed E-state index contributed by atoms with van der Waals surface area (Å²) in [6.45, 7) is 4.44. The van der Waals surface area contributed by atoms with Gasteiger partial charge in [0.15, 0.2) is 0 Å². The van der Waals surface area contributed by atoms with E-state index in [9.17, 15) is 0 Å². The van der Waals surface area contributed by atoms with Crippen LogP contribution in [0.4, 0.5) is 5.69 Å². The third-order valence-corrected chi connectivity index (χ3v) is 3.81. The molecule has 1 aliphatic rings. The normalized spacial score (nSPS) is 16.1. The van der Waals surface area contributed by atoms with Gasteiger partial charge in [-0.25, -0.2) is 0 Å². The molecule has 0 saturated carbocycles. The van der Waals surface area contributed by atoms with Crippen molar-refractivity contribution in [3.05, 3.63) is 29.6 Å². The fraction of sp³-hybridized carbons (Fsp3) is 0.333. The molecule has 86 valence electrons. The van der Waals surface area contributed by atoms with Crippen molar-refractivity contribution < 1.29 is 0 Å². The molecule has 2 aromatic rings. The van der Waals surface area contributed by atoms with E-state index in [1.165, 1.54) is 15.8 Å². The highest BCUT2D eigenvalue weighted by Crippen LogP contribution is 2.30. The zero-order chi connectivity index (χ0) is 10.1. The third kappa shape index (κ3) is 2.03. The van der Waals surface area contributed by atoms with E-state index in [-0.39, 0.29) is 12.4 Å². The second kappa shape index (κ2) is 5.04. The van der Waals surface area contributed by atoms with Crippen LogP contribution in [0, 0.1) is 0 Å². The van der Waals surface area contributed by atoms with E-state index in [1.54, 1.807) is 0 Å². The SMILES string of the molecule is Cl.c1cc(N2CCNCC2)c2ccsc2c1. The molecule has 3 rings (SSSR count). The summed E-state index contributed by atoms with van der Waals surface area (Å²) in [4.78, 5) is 2.48. The third-order valence-electron chi connectivity index (χ3n) is 2.93. The van der Waals surface area contributed by atoms with Crippen LogP contribution in [0.15, 0.2) is 29.6 Å². The Kier molecular flexibility index (Phi) is 3.69. The van der Waals surface area contributed by atoms with Gasteiger partial charge >= 0.3 is 0 Å². The number of fused-ring (bicyclic) bond motifs is 1. The lowest BCUT2D eigenvalue weighted by Gasteiger charge is -2.30. The number of rotatable bonds is 1. The van der Waals surface area contributed by atoms with Crippen molar-refractivity contribution in [2.75, 3.05) is 31.1 Å². The highest BCUT2D eigenvalue weighted by molar-refractivity contribution is 7.17. The molecule has 1 aromatic heterocycles. The Morgan fingerprint density at radius 2 is 1.94 bits per heavy atom. The van der Waals surface area contributed by atoms with Gasteiger partial charge in [-0.2, -0.15) is 0 Å². The first kappa shape index (κ1) is 11.7. The molecule has 0 radical (unpaired) electrons. The van der Waals surface area contributed by atoms with Crippen molar-refractivity contribution in [3.63, 3.8) is 0 Å². The summed E-state index contributed by atoms with van der Waals surface area (Å²) in [5.41, 5.74) is 1.40. The zero-order valence-corrected chi connectivity index (χ0v) is 10.6. The van der Waals surface area contributed by atoms with Gasteiger partial charge in [-0.3, -0.25) is 0 Å². The molecule has 2 nitrogen and oxygen atoms in total. The average Bonchev–Trinajstić information content (AvgIpc) is 2.78. The van der Waals surface area contributed by atoms with Crippen molar-refractivity contribution >= 4 is 39.5 Å². The van der Waals surface area contributed by atoms with E-state index in [2.05, 4.69) is 39.9 Å². The summed E-state index contributed by atoms with van der Waals surface area (Å²) in [6.07, 6.45) is 0. The van der Waals surface area contributed by atoms with E-state index in [1.807, 2.05) is 11.3 Å². The fourth-order valence-electron chi connectivity index (χ4n) is 2.16. The second-order valence-corrected chi connectivity index (χ2v) is 4.79. The summed E-state index contributed by atoms with van der Waals surface area (Å²) in [5, 5.41) is 6.97. The molecule has 2 heterocycles. The molecule has 0 spiro atoms. The number of nitrogens with zero attached hydrogens (tertiary/aromatic N) is 1. The van der Waals surface area contributed by atoms with Crippen LogP contribution in [0.3, 0.4) is 0 Å². The highest BCUT2D eigenvalue weighted by atomic mass is 35.5. The number of hydrogen-bond donors (Lipinski definition) is 1. The first-order valence-electron chi connectivity index (χ1n) is 5.37. The van der Waals surface area contributed by atoms with Crippen LogP contribution in [-0.4, -0.2) is 26.2 Å². The predicted octanol–water partition coefficient (Wildman–Crippen LogP) is 2.73. The molecule has 1 aliphatic heterocycles. The van der Waals surface area contributed by atoms with Crippen molar-refractivity contribution in [2.45, 2.75) is 0 Å². The molecule has 1 aromatic carbocycles. The number of nitrogens with one attached hydrogen (secondary N) is 1. The Morgan fingerprint density at radius 3 is 2.75 bits per heavy atom. The van der Waals surface area contributed by atoms with Gasteiger partial charge in [0.1, 0.15) is 0 Å². The van der Waals surface area contributed by atoms with Crippen LogP contribution < -0.4 is 10.2 Å². The second-order valence-electron chi connectivity index (χ2n) is 3.85. The number of halogens is 1. The Labute approximate surface area is 106 Å². The molecule has 0 bridgehead atoms. The smallest absolute Gasteiger partial charge is 0.0455 e. The standard InChI is InChI=1S/C12H14N2S.ClH/c1-2-11(14-7-5-13-6-8-14)10-4-9-15-12(10)3-1;/h1-4,9,13H,5-8H2;1H. The molecule has 16 heavy (non-hydrogen) atoms. The Hall–Kier alpha value is -0.770. The zero-order valence-electron chi connectivity index (χ0n) is 8.98. The van der Waals surface area contributed by atoms with Crippen LogP contribution in [0.25, 0.3) is 10.1 Å². The highest BCUT2D eigenvalue weighted by Gasteiger charge is 2.12. The minimum absolute atomic E-state index is 0. The van der Waals surface area contributed by atoms with Gasteiger partial charge in [-0.15, -0.1) is 23.7 Å². The number of anilines is 1. The lowest BCUT2D eigenvalue weighted by molar-refractivity contribution is 0.590. The lowest BCUT2D eigenvalue weighted by Crippen LogP contribution is -2.43. The Balaban J connectivity index is 0.000000963. The molecule has 1 saturated heterocycles. The summed E-state index contributed by atoms with van der Waals surface area (Å²) in [6, 6.07) is 8.83. The number of hydrogen-bond acceptors (Lipinski definition) is 3. The van der Waals surface area contributed by atoms with Crippen LogP contribution in [0.5, 0.6) is 0 Å². The van der Waals surface area contributed by atoms with Gasteiger partial charge in [-0.1, -0.05) is 6.07 Å². The average molecular weight is 255 g/mol.